The summed E-state index contributed by atoms with van der Waals surface area (Å²) in [4.78, 5) is 4.63. The Bertz CT molecular complexity index is 971. The topological polar surface area (TPSA) is 27.1 Å². The van der Waals surface area contributed by atoms with Crippen LogP contribution in [0.15, 0.2) is 24.3 Å². The first-order valence-electron chi connectivity index (χ1n) is 9.34. The standard InChI is InChI=1S/C21H22Cl4N2O/c1-4-6-12(7-5-2)14-8-9-15(23)18-19(14)27(3)21(26-18)28-20-16(24)10-13(22)11-17(20)25/h8-12H,4-7H2,1-3H3. The first kappa shape index (κ1) is 21.6. The van der Waals surface area contributed by atoms with Gasteiger partial charge >= 0.3 is 6.01 Å². The van der Waals surface area contributed by atoms with E-state index in [0.29, 0.717) is 37.8 Å². The summed E-state index contributed by atoms with van der Waals surface area (Å²) in [5.41, 5.74) is 2.94. The summed E-state index contributed by atoms with van der Waals surface area (Å²) in [5.74, 6) is 0.767. The van der Waals surface area contributed by atoms with E-state index in [4.69, 9.17) is 51.1 Å². The van der Waals surface area contributed by atoms with Gasteiger partial charge in [0.15, 0.2) is 5.75 Å². The van der Waals surface area contributed by atoms with E-state index in [0.717, 1.165) is 36.7 Å². The second-order valence-electron chi connectivity index (χ2n) is 6.86. The van der Waals surface area contributed by atoms with Gasteiger partial charge in [0.05, 0.1) is 20.6 Å². The molecule has 0 saturated heterocycles. The van der Waals surface area contributed by atoms with Crippen molar-refractivity contribution in [2.45, 2.75) is 45.4 Å². The molecule has 0 aliphatic rings. The molecule has 0 amide bonds. The molecule has 2 aromatic carbocycles. The van der Waals surface area contributed by atoms with E-state index in [-0.39, 0.29) is 0 Å². The van der Waals surface area contributed by atoms with E-state index in [1.807, 2.05) is 17.7 Å². The van der Waals surface area contributed by atoms with E-state index in [2.05, 4.69) is 24.9 Å². The second-order valence-corrected chi connectivity index (χ2v) is 8.52. The summed E-state index contributed by atoms with van der Waals surface area (Å²) in [7, 11) is 1.91. The highest BCUT2D eigenvalue weighted by molar-refractivity contribution is 6.40. The Hall–Kier alpha value is -1.13. The van der Waals surface area contributed by atoms with Crippen molar-refractivity contribution in [2.75, 3.05) is 0 Å². The minimum Gasteiger partial charge on any atom is -0.422 e. The molecule has 3 nitrogen and oxygen atoms in total. The van der Waals surface area contributed by atoms with Crippen LogP contribution >= 0.6 is 46.4 Å². The fourth-order valence-corrected chi connectivity index (χ4v) is 4.68. The first-order chi connectivity index (χ1) is 13.4. The molecule has 3 rings (SSSR count). The molecule has 0 N–H and O–H groups in total. The number of halogens is 4. The summed E-state index contributed by atoms with van der Waals surface area (Å²) < 4.78 is 7.90. The maximum absolute atomic E-state index is 6.46. The lowest BCUT2D eigenvalue weighted by molar-refractivity contribution is 0.428. The van der Waals surface area contributed by atoms with Crippen molar-refractivity contribution in [2.24, 2.45) is 7.05 Å². The highest BCUT2D eigenvalue weighted by Crippen LogP contribution is 2.41. The van der Waals surface area contributed by atoms with Gasteiger partial charge in [-0.3, -0.25) is 4.57 Å². The van der Waals surface area contributed by atoms with Crippen molar-refractivity contribution in [3.8, 4) is 11.8 Å². The van der Waals surface area contributed by atoms with Gasteiger partial charge in [-0.15, -0.1) is 0 Å². The molecule has 1 aromatic heterocycles. The quantitative estimate of drug-likeness (QED) is 0.353. The number of hydrogen-bond acceptors (Lipinski definition) is 2. The Morgan fingerprint density at radius 1 is 0.964 bits per heavy atom. The largest absolute Gasteiger partial charge is 0.422 e. The molecule has 1 heterocycles. The van der Waals surface area contributed by atoms with Crippen LogP contribution in [0.5, 0.6) is 11.8 Å². The average Bonchev–Trinajstić information content (AvgIpc) is 2.96. The zero-order chi connectivity index (χ0) is 20.4. The number of hydrogen-bond donors (Lipinski definition) is 0. The van der Waals surface area contributed by atoms with Gasteiger partial charge in [-0.2, -0.15) is 4.98 Å². The van der Waals surface area contributed by atoms with Gasteiger partial charge < -0.3 is 4.74 Å². The van der Waals surface area contributed by atoms with E-state index in [1.54, 1.807) is 12.1 Å². The third-order valence-electron chi connectivity index (χ3n) is 4.83. The summed E-state index contributed by atoms with van der Waals surface area (Å²) in [6, 6.07) is 7.57. The molecular formula is C21H22Cl4N2O. The van der Waals surface area contributed by atoms with Crippen molar-refractivity contribution in [1.29, 1.82) is 0 Å². The molecule has 0 aliphatic carbocycles. The van der Waals surface area contributed by atoms with Crippen LogP contribution in [0, 0.1) is 0 Å². The lowest BCUT2D eigenvalue weighted by Gasteiger charge is -2.18. The Labute approximate surface area is 185 Å². The number of ether oxygens (including phenoxy) is 1. The monoisotopic (exact) mass is 458 g/mol. The molecule has 0 bridgehead atoms. The van der Waals surface area contributed by atoms with Crippen LogP contribution in [0.2, 0.25) is 20.1 Å². The van der Waals surface area contributed by atoms with Gasteiger partial charge in [-0.25, -0.2) is 0 Å². The van der Waals surface area contributed by atoms with Gasteiger partial charge in [0.2, 0.25) is 0 Å². The third-order valence-corrected chi connectivity index (χ3v) is 5.92. The third kappa shape index (κ3) is 4.23. The van der Waals surface area contributed by atoms with Crippen LogP contribution in [0.25, 0.3) is 11.0 Å². The Morgan fingerprint density at radius 2 is 1.57 bits per heavy atom. The number of fused-ring (bicyclic) bond motifs is 1. The Kier molecular flexibility index (Phi) is 7.03. The average molecular weight is 460 g/mol. The molecule has 0 spiro atoms. The van der Waals surface area contributed by atoms with Crippen molar-refractivity contribution < 1.29 is 4.74 Å². The Balaban J connectivity index is 2.13. The van der Waals surface area contributed by atoms with Crippen LogP contribution in [-0.4, -0.2) is 9.55 Å². The molecule has 0 saturated carbocycles. The highest BCUT2D eigenvalue weighted by atomic mass is 35.5. The molecule has 0 unspecified atom stereocenters. The molecule has 28 heavy (non-hydrogen) atoms. The fourth-order valence-electron chi connectivity index (χ4n) is 3.59. The summed E-state index contributed by atoms with van der Waals surface area (Å²) in [5, 5.41) is 1.68. The molecule has 150 valence electrons. The molecule has 0 atom stereocenters. The minimum atomic E-state index is 0.322. The van der Waals surface area contributed by atoms with Crippen molar-refractivity contribution in [3.63, 3.8) is 0 Å². The van der Waals surface area contributed by atoms with Crippen LogP contribution in [-0.2, 0) is 7.05 Å². The zero-order valence-corrected chi connectivity index (χ0v) is 19.1. The van der Waals surface area contributed by atoms with Gasteiger partial charge in [-0.05, 0) is 42.5 Å². The molecule has 0 aliphatic heterocycles. The molecule has 0 fully saturated rings. The minimum absolute atomic E-state index is 0.322. The Morgan fingerprint density at radius 3 is 2.14 bits per heavy atom. The summed E-state index contributed by atoms with van der Waals surface area (Å²) in [6.07, 6.45) is 4.46. The molecular weight excluding hydrogens is 438 g/mol. The van der Waals surface area contributed by atoms with Crippen LogP contribution < -0.4 is 4.74 Å². The van der Waals surface area contributed by atoms with E-state index < -0.39 is 0 Å². The van der Waals surface area contributed by atoms with Crippen LogP contribution in [0.4, 0.5) is 0 Å². The summed E-state index contributed by atoms with van der Waals surface area (Å²) in [6.45, 7) is 4.41. The van der Waals surface area contributed by atoms with Gasteiger partial charge in [0, 0.05) is 12.1 Å². The maximum atomic E-state index is 6.46. The number of nitrogens with zero attached hydrogens (tertiary/aromatic N) is 2. The van der Waals surface area contributed by atoms with Crippen LogP contribution in [0.1, 0.15) is 51.0 Å². The van der Waals surface area contributed by atoms with Gasteiger partial charge in [-0.1, -0.05) is 79.2 Å². The smallest absolute Gasteiger partial charge is 0.302 e. The molecule has 7 heteroatoms. The predicted octanol–water partition coefficient (Wildman–Crippen LogP) is 8.66. The predicted molar refractivity (Wildman–Crippen MR) is 120 cm³/mol. The van der Waals surface area contributed by atoms with Crippen molar-refractivity contribution in [1.82, 2.24) is 9.55 Å². The number of benzene rings is 2. The SMILES string of the molecule is CCCC(CCC)c1ccc(Cl)c2nc(Oc3c(Cl)cc(Cl)cc3Cl)n(C)c12. The van der Waals surface area contributed by atoms with E-state index >= 15 is 0 Å². The number of aromatic nitrogens is 2. The first-order valence-corrected chi connectivity index (χ1v) is 10.9. The van der Waals surface area contributed by atoms with E-state index in [9.17, 15) is 0 Å². The normalized spacial score (nSPS) is 11.6. The number of imidazole rings is 1. The van der Waals surface area contributed by atoms with Crippen molar-refractivity contribution >= 4 is 57.4 Å². The van der Waals surface area contributed by atoms with Crippen molar-refractivity contribution in [3.05, 3.63) is 49.9 Å². The maximum Gasteiger partial charge on any atom is 0.302 e. The molecule has 0 radical (unpaired) electrons. The van der Waals surface area contributed by atoms with Crippen LogP contribution in [0.3, 0.4) is 0 Å². The van der Waals surface area contributed by atoms with Gasteiger partial charge in [0.1, 0.15) is 5.52 Å². The zero-order valence-electron chi connectivity index (χ0n) is 16.0. The number of rotatable bonds is 7. The fraction of sp³-hybridized carbons (Fsp3) is 0.381. The summed E-state index contributed by atoms with van der Waals surface area (Å²) >= 11 is 25.0. The lowest BCUT2D eigenvalue weighted by atomic mass is 9.89. The van der Waals surface area contributed by atoms with Gasteiger partial charge in [0.25, 0.3) is 0 Å². The number of aryl methyl sites for hydroxylation is 1. The van der Waals surface area contributed by atoms with E-state index in [1.165, 1.54) is 5.56 Å². The molecule has 3 aromatic rings. The second kappa shape index (κ2) is 9.13. The lowest BCUT2D eigenvalue weighted by Crippen LogP contribution is -2.03. The highest BCUT2D eigenvalue weighted by Gasteiger charge is 2.22.